The standard InChI is InChI=1S/C8H15ClN2/c1-4-6(2)7-5-10-8(9)11(7)3/h6-7H,4-5H2,1-3H3/t6-,7?/m0/s1. The molecule has 0 saturated heterocycles. The monoisotopic (exact) mass is 174 g/mol. The van der Waals surface area contributed by atoms with E-state index in [0.29, 0.717) is 17.3 Å². The molecule has 0 aromatic carbocycles. The lowest BCUT2D eigenvalue weighted by Crippen LogP contribution is -2.35. The number of amidine groups is 1. The zero-order valence-corrected chi connectivity index (χ0v) is 8.10. The zero-order chi connectivity index (χ0) is 8.43. The van der Waals surface area contributed by atoms with Crippen LogP contribution < -0.4 is 0 Å². The van der Waals surface area contributed by atoms with Gasteiger partial charge in [0.05, 0.1) is 12.6 Å². The number of likely N-dealkylation sites (N-methyl/N-ethyl adjacent to an activating group) is 1. The molecule has 64 valence electrons. The lowest BCUT2D eigenvalue weighted by atomic mass is 9.99. The van der Waals surface area contributed by atoms with Crippen LogP contribution in [-0.2, 0) is 0 Å². The van der Waals surface area contributed by atoms with Crippen LogP contribution >= 0.6 is 11.6 Å². The van der Waals surface area contributed by atoms with Gasteiger partial charge in [0.1, 0.15) is 0 Å². The smallest absolute Gasteiger partial charge is 0.194 e. The van der Waals surface area contributed by atoms with E-state index in [4.69, 9.17) is 11.6 Å². The van der Waals surface area contributed by atoms with Crippen molar-refractivity contribution in [3.05, 3.63) is 0 Å². The van der Waals surface area contributed by atoms with Gasteiger partial charge in [0.25, 0.3) is 0 Å². The average Bonchev–Trinajstić information content (AvgIpc) is 2.32. The minimum atomic E-state index is 0.521. The summed E-state index contributed by atoms with van der Waals surface area (Å²) in [5, 5.41) is 0.662. The molecule has 1 heterocycles. The fourth-order valence-corrected chi connectivity index (χ4v) is 1.57. The van der Waals surface area contributed by atoms with Crippen LogP contribution in [0.4, 0.5) is 0 Å². The predicted molar refractivity (Wildman–Crippen MR) is 49.2 cm³/mol. The zero-order valence-electron chi connectivity index (χ0n) is 7.34. The van der Waals surface area contributed by atoms with Gasteiger partial charge in [-0.05, 0) is 17.5 Å². The molecule has 1 unspecified atom stereocenters. The van der Waals surface area contributed by atoms with Crippen LogP contribution in [0.3, 0.4) is 0 Å². The number of aliphatic imine (C=N–C) groups is 1. The van der Waals surface area contributed by atoms with Crippen molar-refractivity contribution in [3.63, 3.8) is 0 Å². The molecular weight excluding hydrogens is 160 g/mol. The molecular formula is C8H15ClN2. The normalized spacial score (nSPS) is 27.1. The van der Waals surface area contributed by atoms with E-state index in [2.05, 4.69) is 23.7 Å². The summed E-state index contributed by atoms with van der Waals surface area (Å²) in [5.74, 6) is 0.681. The highest BCUT2D eigenvalue weighted by Crippen LogP contribution is 2.19. The van der Waals surface area contributed by atoms with Crippen molar-refractivity contribution >= 4 is 16.9 Å². The first-order valence-corrected chi connectivity index (χ1v) is 4.47. The van der Waals surface area contributed by atoms with Crippen molar-refractivity contribution < 1.29 is 0 Å². The molecule has 0 amide bonds. The minimum Gasteiger partial charge on any atom is -0.345 e. The van der Waals surface area contributed by atoms with Crippen LogP contribution in [0.25, 0.3) is 0 Å². The Balaban J connectivity index is 2.53. The summed E-state index contributed by atoms with van der Waals surface area (Å²) in [6.45, 7) is 5.31. The number of halogens is 1. The maximum absolute atomic E-state index is 5.83. The Kier molecular flexibility index (Phi) is 2.77. The van der Waals surface area contributed by atoms with Gasteiger partial charge in [-0.1, -0.05) is 20.3 Å². The van der Waals surface area contributed by atoms with E-state index < -0.39 is 0 Å². The molecule has 1 aliphatic rings. The second-order valence-electron chi connectivity index (χ2n) is 3.17. The molecule has 0 spiro atoms. The van der Waals surface area contributed by atoms with Gasteiger partial charge in [0.2, 0.25) is 0 Å². The number of rotatable bonds is 2. The second-order valence-corrected chi connectivity index (χ2v) is 3.51. The molecule has 0 aliphatic carbocycles. The van der Waals surface area contributed by atoms with E-state index >= 15 is 0 Å². The van der Waals surface area contributed by atoms with Gasteiger partial charge in [-0.3, -0.25) is 4.99 Å². The highest BCUT2D eigenvalue weighted by molar-refractivity contribution is 6.64. The largest absolute Gasteiger partial charge is 0.345 e. The van der Waals surface area contributed by atoms with E-state index in [0.717, 1.165) is 6.54 Å². The molecule has 0 radical (unpaired) electrons. The molecule has 0 aromatic rings. The Morgan fingerprint density at radius 1 is 1.82 bits per heavy atom. The van der Waals surface area contributed by atoms with Crippen LogP contribution in [0.15, 0.2) is 4.99 Å². The second kappa shape index (κ2) is 3.44. The summed E-state index contributed by atoms with van der Waals surface area (Å²) >= 11 is 5.83. The molecule has 1 rings (SSSR count). The average molecular weight is 175 g/mol. The van der Waals surface area contributed by atoms with Crippen molar-refractivity contribution in [1.29, 1.82) is 0 Å². The van der Waals surface area contributed by atoms with E-state index in [1.165, 1.54) is 6.42 Å². The predicted octanol–water partition coefficient (Wildman–Crippen LogP) is 1.94. The van der Waals surface area contributed by atoms with Crippen molar-refractivity contribution in [1.82, 2.24) is 4.90 Å². The first kappa shape index (κ1) is 8.85. The van der Waals surface area contributed by atoms with Crippen LogP contribution in [0, 0.1) is 5.92 Å². The molecule has 0 N–H and O–H groups in total. The third kappa shape index (κ3) is 1.67. The first-order chi connectivity index (χ1) is 5.16. The molecule has 11 heavy (non-hydrogen) atoms. The van der Waals surface area contributed by atoms with Crippen LogP contribution in [-0.4, -0.2) is 29.8 Å². The number of hydrogen-bond acceptors (Lipinski definition) is 2. The highest BCUT2D eigenvalue weighted by Gasteiger charge is 2.26. The van der Waals surface area contributed by atoms with Crippen molar-refractivity contribution in [3.8, 4) is 0 Å². The van der Waals surface area contributed by atoms with E-state index in [-0.39, 0.29) is 0 Å². The molecule has 2 atom stereocenters. The third-order valence-corrected chi connectivity index (χ3v) is 2.88. The molecule has 0 aromatic heterocycles. The molecule has 0 saturated carbocycles. The minimum absolute atomic E-state index is 0.521. The van der Waals surface area contributed by atoms with E-state index in [1.54, 1.807) is 0 Å². The third-order valence-electron chi connectivity index (χ3n) is 2.50. The maximum Gasteiger partial charge on any atom is 0.194 e. The molecule has 1 aliphatic heterocycles. The van der Waals surface area contributed by atoms with Gasteiger partial charge < -0.3 is 4.90 Å². The summed E-state index contributed by atoms with van der Waals surface area (Å²) in [6.07, 6.45) is 1.19. The Morgan fingerprint density at radius 2 is 2.45 bits per heavy atom. The summed E-state index contributed by atoms with van der Waals surface area (Å²) < 4.78 is 0. The fourth-order valence-electron chi connectivity index (χ4n) is 1.37. The van der Waals surface area contributed by atoms with Gasteiger partial charge in [-0.15, -0.1) is 0 Å². The Labute approximate surface area is 73.2 Å². The van der Waals surface area contributed by atoms with E-state index in [9.17, 15) is 0 Å². The van der Waals surface area contributed by atoms with Gasteiger partial charge in [0, 0.05) is 7.05 Å². The van der Waals surface area contributed by atoms with Crippen molar-refractivity contribution in [2.75, 3.05) is 13.6 Å². The summed E-state index contributed by atoms with van der Waals surface area (Å²) in [6, 6.07) is 0.521. The summed E-state index contributed by atoms with van der Waals surface area (Å²) in [5.41, 5.74) is 0. The Morgan fingerprint density at radius 3 is 2.82 bits per heavy atom. The quantitative estimate of drug-likeness (QED) is 0.585. The summed E-state index contributed by atoms with van der Waals surface area (Å²) in [4.78, 5) is 6.24. The SMILES string of the molecule is CC[C@H](C)C1CN=C(Cl)N1C. The summed E-state index contributed by atoms with van der Waals surface area (Å²) in [7, 11) is 2.01. The number of nitrogens with zero attached hydrogens (tertiary/aromatic N) is 2. The first-order valence-electron chi connectivity index (χ1n) is 4.09. The lowest BCUT2D eigenvalue weighted by molar-refractivity contribution is 0.298. The Hall–Kier alpha value is -0.240. The fraction of sp³-hybridized carbons (Fsp3) is 0.875. The van der Waals surface area contributed by atoms with Gasteiger partial charge in [0.15, 0.2) is 5.29 Å². The van der Waals surface area contributed by atoms with Crippen molar-refractivity contribution in [2.45, 2.75) is 26.3 Å². The van der Waals surface area contributed by atoms with Gasteiger partial charge in [-0.2, -0.15) is 0 Å². The topological polar surface area (TPSA) is 15.6 Å². The highest BCUT2D eigenvalue weighted by atomic mass is 35.5. The van der Waals surface area contributed by atoms with E-state index in [1.807, 2.05) is 7.05 Å². The molecule has 2 nitrogen and oxygen atoms in total. The molecule has 0 fully saturated rings. The van der Waals surface area contributed by atoms with Crippen molar-refractivity contribution in [2.24, 2.45) is 10.9 Å². The van der Waals surface area contributed by atoms with Gasteiger partial charge in [-0.25, -0.2) is 0 Å². The van der Waals surface area contributed by atoms with Gasteiger partial charge >= 0.3 is 0 Å². The maximum atomic E-state index is 5.83. The lowest BCUT2D eigenvalue weighted by Gasteiger charge is -2.25. The Bertz CT molecular complexity index is 167. The number of hydrogen-bond donors (Lipinski definition) is 0. The van der Waals surface area contributed by atoms with Crippen LogP contribution in [0.1, 0.15) is 20.3 Å². The van der Waals surface area contributed by atoms with Crippen LogP contribution in [0.2, 0.25) is 0 Å². The molecule has 0 bridgehead atoms. The molecule has 3 heteroatoms. The van der Waals surface area contributed by atoms with Crippen LogP contribution in [0.5, 0.6) is 0 Å².